The third-order valence-corrected chi connectivity index (χ3v) is 3.75. The van der Waals surface area contributed by atoms with Gasteiger partial charge in [0, 0.05) is 23.7 Å². The average molecular weight is 359 g/mol. The van der Waals surface area contributed by atoms with E-state index in [2.05, 4.69) is 15.5 Å². The Bertz CT molecular complexity index is 758. The number of hydrogen-bond donors (Lipinski definition) is 2. The number of halogens is 3. The number of ether oxygens (including phenoxy) is 1. The normalized spacial score (nSPS) is 11.9. The van der Waals surface area contributed by atoms with E-state index in [1.54, 1.807) is 6.92 Å². The van der Waals surface area contributed by atoms with Crippen LogP contribution >= 0.6 is 23.2 Å². The van der Waals surface area contributed by atoms with E-state index in [4.69, 9.17) is 33.7 Å². The monoisotopic (exact) mass is 358 g/mol. The molecule has 0 radical (unpaired) electrons. The molecule has 3 N–H and O–H groups in total. The molecule has 0 spiro atoms. The second-order valence-electron chi connectivity index (χ2n) is 4.58. The number of nitrogens with zero attached hydrogens (tertiary/aromatic N) is 2. The quantitative estimate of drug-likeness (QED) is 0.819. The molecule has 0 fully saturated rings. The van der Waals surface area contributed by atoms with Gasteiger partial charge in [-0.3, -0.25) is 4.79 Å². The molecule has 0 aliphatic carbocycles. The van der Waals surface area contributed by atoms with Crippen molar-refractivity contribution in [1.82, 2.24) is 15.5 Å². The van der Waals surface area contributed by atoms with Crippen LogP contribution in [0.15, 0.2) is 18.2 Å². The van der Waals surface area contributed by atoms with E-state index in [0.717, 1.165) is 6.07 Å². The van der Waals surface area contributed by atoms with Gasteiger partial charge in [0.15, 0.2) is 17.3 Å². The van der Waals surface area contributed by atoms with Crippen molar-refractivity contribution in [2.75, 3.05) is 12.8 Å². The molecule has 1 amide bonds. The summed E-state index contributed by atoms with van der Waals surface area (Å²) in [5.74, 6) is -0.971. The minimum absolute atomic E-state index is 0.0202. The number of rotatable bonds is 4. The largest absolute Gasteiger partial charge is 0.482 e. The molecule has 0 bridgehead atoms. The molecule has 0 aliphatic heterocycles. The van der Waals surface area contributed by atoms with Crippen molar-refractivity contribution in [3.05, 3.63) is 45.3 Å². The van der Waals surface area contributed by atoms with Gasteiger partial charge in [0.25, 0.3) is 5.91 Å². The summed E-state index contributed by atoms with van der Waals surface area (Å²) in [4.78, 5) is 11.6. The second-order valence-corrected chi connectivity index (χ2v) is 5.36. The van der Waals surface area contributed by atoms with Gasteiger partial charge >= 0.3 is 0 Å². The van der Waals surface area contributed by atoms with Crippen molar-refractivity contribution in [2.24, 2.45) is 0 Å². The van der Waals surface area contributed by atoms with Crippen LogP contribution in [0.2, 0.25) is 10.0 Å². The Labute approximate surface area is 141 Å². The number of anilines is 1. The summed E-state index contributed by atoms with van der Waals surface area (Å²) in [5.41, 5.74) is 5.99. The lowest BCUT2D eigenvalue weighted by molar-refractivity contribution is 0.0956. The summed E-state index contributed by atoms with van der Waals surface area (Å²) in [6, 6.07) is 3.87. The van der Waals surface area contributed by atoms with Crippen molar-refractivity contribution in [2.45, 2.75) is 13.0 Å². The maximum atomic E-state index is 13.6. The lowest BCUT2D eigenvalue weighted by atomic mass is 10.1. The van der Waals surface area contributed by atoms with Crippen LogP contribution in [-0.2, 0) is 0 Å². The van der Waals surface area contributed by atoms with Crippen LogP contribution < -0.4 is 15.8 Å². The third kappa shape index (κ3) is 3.62. The number of amides is 1. The van der Waals surface area contributed by atoms with Gasteiger partial charge in [-0.1, -0.05) is 23.2 Å². The highest BCUT2D eigenvalue weighted by atomic mass is 35.5. The molecular formula is C14H13Cl2FN4O2. The lowest BCUT2D eigenvalue weighted by Gasteiger charge is -2.18. The summed E-state index contributed by atoms with van der Waals surface area (Å²) in [6.07, 6.45) is -0.727. The molecule has 1 aromatic carbocycles. The molecular weight excluding hydrogens is 346 g/mol. The molecule has 1 aromatic heterocycles. The predicted molar refractivity (Wildman–Crippen MR) is 85.3 cm³/mol. The molecule has 0 aliphatic rings. The van der Waals surface area contributed by atoms with Crippen molar-refractivity contribution in [3.63, 3.8) is 0 Å². The van der Waals surface area contributed by atoms with Gasteiger partial charge < -0.3 is 15.8 Å². The fraction of sp³-hybridized carbons (Fsp3) is 0.214. The Morgan fingerprint density at radius 3 is 2.74 bits per heavy atom. The molecule has 23 heavy (non-hydrogen) atoms. The number of carbonyl (C=O) groups is 1. The fourth-order valence-corrected chi connectivity index (χ4v) is 2.56. The van der Waals surface area contributed by atoms with Crippen molar-refractivity contribution < 1.29 is 13.9 Å². The van der Waals surface area contributed by atoms with Crippen molar-refractivity contribution in [1.29, 1.82) is 0 Å². The van der Waals surface area contributed by atoms with Gasteiger partial charge in [-0.2, -0.15) is 0 Å². The molecule has 1 unspecified atom stereocenters. The van der Waals surface area contributed by atoms with Gasteiger partial charge in [-0.25, -0.2) is 4.39 Å². The fourth-order valence-electron chi connectivity index (χ4n) is 1.88. The van der Waals surface area contributed by atoms with E-state index in [1.807, 2.05) is 0 Å². The first-order valence-electron chi connectivity index (χ1n) is 6.50. The molecule has 2 rings (SSSR count). The highest BCUT2D eigenvalue weighted by molar-refractivity contribution is 6.36. The van der Waals surface area contributed by atoms with Gasteiger partial charge in [0.1, 0.15) is 11.9 Å². The molecule has 0 saturated carbocycles. The summed E-state index contributed by atoms with van der Waals surface area (Å²) in [7, 11) is 1.45. The number of benzene rings is 1. The first-order chi connectivity index (χ1) is 10.8. The van der Waals surface area contributed by atoms with Crippen LogP contribution in [0.5, 0.6) is 5.75 Å². The number of hydrogen-bond acceptors (Lipinski definition) is 5. The molecule has 1 heterocycles. The van der Waals surface area contributed by atoms with Crippen LogP contribution in [0.25, 0.3) is 0 Å². The van der Waals surface area contributed by atoms with Crippen LogP contribution in [0.3, 0.4) is 0 Å². The summed E-state index contributed by atoms with van der Waals surface area (Å²) < 4.78 is 19.2. The zero-order valence-corrected chi connectivity index (χ0v) is 13.7. The Balaban J connectivity index is 2.36. The van der Waals surface area contributed by atoms with Gasteiger partial charge in [0.05, 0.1) is 5.02 Å². The molecule has 6 nitrogen and oxygen atoms in total. The van der Waals surface area contributed by atoms with E-state index in [0.29, 0.717) is 0 Å². The Kier molecular flexibility index (Phi) is 5.23. The van der Waals surface area contributed by atoms with Gasteiger partial charge in [-0.15, -0.1) is 10.2 Å². The van der Waals surface area contributed by atoms with E-state index in [9.17, 15) is 9.18 Å². The minimum Gasteiger partial charge on any atom is -0.482 e. The first kappa shape index (κ1) is 17.2. The van der Waals surface area contributed by atoms with Gasteiger partial charge in [-0.05, 0) is 19.1 Å². The number of carbonyl (C=O) groups excluding carboxylic acids is 1. The summed E-state index contributed by atoms with van der Waals surface area (Å²) in [6.45, 7) is 1.62. The Morgan fingerprint density at radius 1 is 1.39 bits per heavy atom. The SMILES string of the molecule is CNC(=O)c1cc(OC(C)c2c(Cl)ccc(F)c2Cl)c(N)nn1. The number of nitrogen functional groups attached to an aromatic ring is 1. The first-order valence-corrected chi connectivity index (χ1v) is 7.26. The second kappa shape index (κ2) is 6.97. The van der Waals surface area contributed by atoms with Crippen molar-refractivity contribution in [3.8, 4) is 5.75 Å². The zero-order valence-electron chi connectivity index (χ0n) is 12.2. The number of nitrogens with one attached hydrogen (secondary N) is 1. The zero-order chi connectivity index (χ0) is 17.1. The van der Waals surface area contributed by atoms with E-state index in [1.165, 1.54) is 19.2 Å². The van der Waals surface area contributed by atoms with Crippen molar-refractivity contribution >= 4 is 34.9 Å². The van der Waals surface area contributed by atoms with Gasteiger partial charge in [0.2, 0.25) is 0 Å². The maximum Gasteiger partial charge on any atom is 0.271 e. The number of nitrogens with two attached hydrogens (primary N) is 1. The van der Waals surface area contributed by atoms with E-state index in [-0.39, 0.29) is 32.9 Å². The topological polar surface area (TPSA) is 90.1 Å². The molecule has 2 aromatic rings. The standard InChI is InChI=1S/C14H13Cl2FN4O2/c1-6(11-7(15)3-4-8(17)12(11)16)23-10-5-9(14(22)19-2)20-21-13(10)18/h3-6H,1-2H3,(H2,18,21)(H,19,22). The highest BCUT2D eigenvalue weighted by Gasteiger charge is 2.20. The van der Waals surface area contributed by atoms with E-state index >= 15 is 0 Å². The molecule has 1 atom stereocenters. The van der Waals surface area contributed by atoms with Crippen LogP contribution in [0.1, 0.15) is 29.1 Å². The predicted octanol–water partition coefficient (Wildman–Crippen LogP) is 3.00. The van der Waals surface area contributed by atoms with E-state index < -0.39 is 17.8 Å². The molecule has 0 saturated heterocycles. The smallest absolute Gasteiger partial charge is 0.271 e. The van der Waals surface area contributed by atoms with Crippen LogP contribution in [0, 0.1) is 5.82 Å². The minimum atomic E-state index is -0.727. The highest BCUT2D eigenvalue weighted by Crippen LogP contribution is 2.35. The molecule has 122 valence electrons. The third-order valence-electron chi connectivity index (χ3n) is 3.04. The van der Waals surface area contributed by atoms with Crippen LogP contribution in [-0.4, -0.2) is 23.2 Å². The number of aromatic nitrogens is 2. The Hall–Kier alpha value is -2.12. The lowest BCUT2D eigenvalue weighted by Crippen LogP contribution is -2.20. The molecule has 9 heteroatoms. The maximum absolute atomic E-state index is 13.6. The summed E-state index contributed by atoms with van der Waals surface area (Å²) >= 11 is 12.0. The van der Waals surface area contributed by atoms with Crippen LogP contribution in [0.4, 0.5) is 10.2 Å². The Morgan fingerprint density at radius 2 is 2.09 bits per heavy atom. The summed E-state index contributed by atoms with van der Waals surface area (Å²) in [5, 5.41) is 9.83. The average Bonchev–Trinajstić information content (AvgIpc) is 2.52.